The summed E-state index contributed by atoms with van der Waals surface area (Å²) >= 11 is 0. The SMILES string of the molecule is COC1CCCN(C2CCCC(NC3CC3)(C(=O)O)C2)C1. The fourth-order valence-electron chi connectivity index (χ4n) is 4.05. The number of hydrogen-bond acceptors (Lipinski definition) is 4. The smallest absolute Gasteiger partial charge is 0.323 e. The Morgan fingerprint density at radius 2 is 2.10 bits per heavy atom. The van der Waals surface area contributed by atoms with Gasteiger partial charge in [-0.3, -0.25) is 15.0 Å². The van der Waals surface area contributed by atoms with E-state index in [-0.39, 0.29) is 0 Å². The lowest BCUT2D eigenvalue weighted by atomic mass is 9.77. The molecular formula is C16H28N2O3. The molecule has 3 aliphatic rings. The molecular weight excluding hydrogens is 268 g/mol. The number of aliphatic carboxylic acids is 1. The molecule has 0 aromatic heterocycles. The number of carboxylic acids is 1. The molecule has 0 aromatic carbocycles. The summed E-state index contributed by atoms with van der Waals surface area (Å²) in [6, 6.07) is 0.826. The second-order valence-corrected chi connectivity index (χ2v) is 7.05. The Morgan fingerprint density at radius 3 is 2.76 bits per heavy atom. The normalized spacial score (nSPS) is 38.3. The van der Waals surface area contributed by atoms with Crippen molar-refractivity contribution in [3.05, 3.63) is 0 Å². The Kier molecular flexibility index (Phi) is 4.52. The van der Waals surface area contributed by atoms with Crippen molar-refractivity contribution >= 4 is 5.97 Å². The molecule has 120 valence electrons. The number of piperidine rings is 1. The highest BCUT2D eigenvalue weighted by molar-refractivity contribution is 5.79. The molecule has 2 aliphatic carbocycles. The summed E-state index contributed by atoms with van der Waals surface area (Å²) in [7, 11) is 1.78. The molecule has 2 N–H and O–H groups in total. The maximum atomic E-state index is 11.9. The first-order valence-electron chi connectivity index (χ1n) is 8.41. The first-order chi connectivity index (χ1) is 10.1. The standard InChI is InChI=1S/C16H28N2O3/c1-21-14-5-3-9-18(11-14)13-4-2-8-16(10-13,15(19)20)17-12-6-7-12/h12-14,17H,2-11H2,1H3,(H,19,20). The Labute approximate surface area is 127 Å². The van der Waals surface area contributed by atoms with E-state index in [9.17, 15) is 9.90 Å². The number of carbonyl (C=O) groups is 1. The number of rotatable bonds is 5. The minimum Gasteiger partial charge on any atom is -0.480 e. The molecule has 3 rings (SSSR count). The van der Waals surface area contributed by atoms with Crippen LogP contribution >= 0.6 is 0 Å². The van der Waals surface area contributed by atoms with Crippen molar-refractivity contribution in [2.24, 2.45) is 0 Å². The zero-order chi connectivity index (χ0) is 14.9. The minimum atomic E-state index is -0.690. The van der Waals surface area contributed by atoms with Crippen LogP contribution in [0.2, 0.25) is 0 Å². The molecule has 3 fully saturated rings. The Morgan fingerprint density at radius 1 is 1.29 bits per heavy atom. The van der Waals surface area contributed by atoms with Gasteiger partial charge in [0.25, 0.3) is 0 Å². The highest BCUT2D eigenvalue weighted by Gasteiger charge is 2.47. The van der Waals surface area contributed by atoms with Crippen LogP contribution in [0, 0.1) is 0 Å². The molecule has 1 heterocycles. The summed E-state index contributed by atoms with van der Waals surface area (Å²) in [4.78, 5) is 14.4. The van der Waals surface area contributed by atoms with Gasteiger partial charge in [-0.05, 0) is 57.9 Å². The predicted molar refractivity (Wildman–Crippen MR) is 80.4 cm³/mol. The van der Waals surface area contributed by atoms with Gasteiger partial charge >= 0.3 is 5.97 Å². The summed E-state index contributed by atoms with van der Waals surface area (Å²) < 4.78 is 5.51. The van der Waals surface area contributed by atoms with Gasteiger partial charge in [0.2, 0.25) is 0 Å². The summed E-state index contributed by atoms with van der Waals surface area (Å²) in [6.07, 6.45) is 8.52. The van der Waals surface area contributed by atoms with E-state index in [1.165, 1.54) is 0 Å². The first kappa shape index (κ1) is 15.3. The first-order valence-corrected chi connectivity index (χ1v) is 8.41. The fraction of sp³-hybridized carbons (Fsp3) is 0.938. The van der Waals surface area contributed by atoms with Crippen LogP contribution in [-0.2, 0) is 9.53 Å². The number of carboxylic acid groups (broad SMARTS) is 1. The monoisotopic (exact) mass is 296 g/mol. The van der Waals surface area contributed by atoms with Crippen molar-refractivity contribution in [3.8, 4) is 0 Å². The maximum absolute atomic E-state index is 11.9. The van der Waals surface area contributed by atoms with Crippen LogP contribution in [0.15, 0.2) is 0 Å². The molecule has 0 aromatic rings. The van der Waals surface area contributed by atoms with Crippen LogP contribution in [0.5, 0.6) is 0 Å². The van der Waals surface area contributed by atoms with Gasteiger partial charge in [0, 0.05) is 25.7 Å². The van der Waals surface area contributed by atoms with Crippen molar-refractivity contribution in [1.29, 1.82) is 0 Å². The highest BCUT2D eigenvalue weighted by atomic mass is 16.5. The maximum Gasteiger partial charge on any atom is 0.323 e. The van der Waals surface area contributed by atoms with E-state index in [0.29, 0.717) is 18.2 Å². The third-order valence-electron chi connectivity index (χ3n) is 5.45. The van der Waals surface area contributed by atoms with Crippen molar-refractivity contribution in [2.75, 3.05) is 20.2 Å². The van der Waals surface area contributed by atoms with Gasteiger partial charge in [-0.1, -0.05) is 0 Å². The van der Waals surface area contributed by atoms with Gasteiger partial charge in [0.15, 0.2) is 0 Å². The largest absolute Gasteiger partial charge is 0.480 e. The van der Waals surface area contributed by atoms with Crippen LogP contribution in [0.3, 0.4) is 0 Å². The van der Waals surface area contributed by atoms with E-state index in [1.54, 1.807) is 7.11 Å². The van der Waals surface area contributed by atoms with Gasteiger partial charge in [0.1, 0.15) is 5.54 Å². The zero-order valence-electron chi connectivity index (χ0n) is 13.0. The average molecular weight is 296 g/mol. The lowest BCUT2D eigenvalue weighted by molar-refractivity contribution is -0.148. The second kappa shape index (κ2) is 6.23. The van der Waals surface area contributed by atoms with Crippen LogP contribution in [0.1, 0.15) is 51.4 Å². The Balaban J connectivity index is 1.67. The average Bonchev–Trinajstić information content (AvgIpc) is 3.31. The lowest BCUT2D eigenvalue weighted by Crippen LogP contribution is -2.60. The zero-order valence-corrected chi connectivity index (χ0v) is 13.0. The molecule has 0 spiro atoms. The van der Waals surface area contributed by atoms with Crippen LogP contribution in [0.4, 0.5) is 0 Å². The number of hydrogen-bond donors (Lipinski definition) is 2. The summed E-state index contributed by atoms with van der Waals surface area (Å²) in [6.45, 7) is 2.05. The van der Waals surface area contributed by atoms with Crippen molar-refractivity contribution in [1.82, 2.24) is 10.2 Å². The molecule has 5 nitrogen and oxygen atoms in total. The van der Waals surface area contributed by atoms with Gasteiger partial charge in [0.05, 0.1) is 6.10 Å². The molecule has 3 atom stereocenters. The molecule has 2 saturated carbocycles. The quantitative estimate of drug-likeness (QED) is 0.807. The predicted octanol–water partition coefficient (Wildman–Crippen LogP) is 1.62. The summed E-state index contributed by atoms with van der Waals surface area (Å²) in [5, 5.41) is 13.2. The molecule has 1 saturated heterocycles. The third kappa shape index (κ3) is 3.41. The van der Waals surface area contributed by atoms with E-state index in [2.05, 4.69) is 10.2 Å². The Hall–Kier alpha value is -0.650. The van der Waals surface area contributed by atoms with Crippen molar-refractivity contribution in [3.63, 3.8) is 0 Å². The van der Waals surface area contributed by atoms with Crippen molar-refractivity contribution < 1.29 is 14.6 Å². The van der Waals surface area contributed by atoms with Gasteiger partial charge in [-0.25, -0.2) is 0 Å². The van der Waals surface area contributed by atoms with E-state index in [0.717, 1.165) is 64.5 Å². The van der Waals surface area contributed by atoms with Crippen molar-refractivity contribution in [2.45, 2.75) is 75.1 Å². The molecule has 0 radical (unpaired) electrons. The molecule has 21 heavy (non-hydrogen) atoms. The second-order valence-electron chi connectivity index (χ2n) is 7.05. The van der Waals surface area contributed by atoms with Gasteiger partial charge in [-0.2, -0.15) is 0 Å². The minimum absolute atomic E-state index is 0.316. The number of likely N-dealkylation sites (tertiary alicyclic amines) is 1. The third-order valence-corrected chi connectivity index (χ3v) is 5.45. The van der Waals surface area contributed by atoms with E-state index >= 15 is 0 Å². The lowest BCUT2D eigenvalue weighted by Gasteiger charge is -2.45. The van der Waals surface area contributed by atoms with E-state index in [4.69, 9.17) is 4.74 Å². The summed E-state index contributed by atoms with van der Waals surface area (Å²) in [5.41, 5.74) is -0.690. The van der Waals surface area contributed by atoms with Crippen LogP contribution in [0.25, 0.3) is 0 Å². The molecule has 1 aliphatic heterocycles. The summed E-state index contributed by atoms with van der Waals surface area (Å²) in [5.74, 6) is -0.653. The topological polar surface area (TPSA) is 61.8 Å². The number of nitrogens with one attached hydrogen (secondary N) is 1. The van der Waals surface area contributed by atoms with Crippen LogP contribution in [-0.4, -0.2) is 59.9 Å². The molecule has 0 bridgehead atoms. The highest BCUT2D eigenvalue weighted by Crippen LogP contribution is 2.36. The van der Waals surface area contributed by atoms with Crippen LogP contribution < -0.4 is 5.32 Å². The molecule has 0 amide bonds. The number of ether oxygens (including phenoxy) is 1. The van der Waals surface area contributed by atoms with E-state index in [1.807, 2.05) is 0 Å². The van der Waals surface area contributed by atoms with Gasteiger partial charge < -0.3 is 9.84 Å². The Bertz CT molecular complexity index is 386. The number of nitrogens with zero attached hydrogens (tertiary/aromatic N) is 1. The molecule has 3 unspecified atom stereocenters. The van der Waals surface area contributed by atoms with Gasteiger partial charge in [-0.15, -0.1) is 0 Å². The molecule has 5 heteroatoms. The van der Waals surface area contributed by atoms with E-state index < -0.39 is 11.5 Å². The fourth-order valence-corrected chi connectivity index (χ4v) is 4.05. The number of methoxy groups -OCH3 is 1.